The molecule has 0 unspecified atom stereocenters. The summed E-state index contributed by atoms with van der Waals surface area (Å²) in [6.07, 6.45) is 1.23. The highest BCUT2D eigenvalue weighted by Gasteiger charge is 2.54. The topological polar surface area (TPSA) is 61.4 Å². The zero-order chi connectivity index (χ0) is 22.1. The number of thiophene rings is 1. The van der Waals surface area contributed by atoms with Gasteiger partial charge in [-0.05, 0) is 52.6 Å². The molecule has 3 aromatic rings. The molecule has 0 radical (unpaired) electrons. The number of nitrogens with one attached hydrogen (secondary N) is 2. The number of hydrogen-bond donors (Lipinski definition) is 2. The van der Waals surface area contributed by atoms with Gasteiger partial charge in [-0.3, -0.25) is 9.59 Å². The Kier molecular flexibility index (Phi) is 5.47. The van der Waals surface area contributed by atoms with Gasteiger partial charge in [0.2, 0.25) is 5.91 Å². The Morgan fingerprint density at radius 3 is 2.69 bits per heavy atom. The molecule has 0 aliphatic carbocycles. The first kappa shape index (κ1) is 20.8. The molecule has 6 heteroatoms. The summed E-state index contributed by atoms with van der Waals surface area (Å²) in [5.74, 6) is -0.0535. The number of anilines is 1. The second kappa shape index (κ2) is 8.43. The Balaban J connectivity index is 1.34. The number of likely N-dealkylation sites (tertiary alicyclic amines) is 1. The summed E-state index contributed by atoms with van der Waals surface area (Å²) in [7, 11) is 0. The lowest BCUT2D eigenvalue weighted by atomic mass is 9.68. The van der Waals surface area contributed by atoms with Crippen LogP contribution in [0.4, 0.5) is 5.69 Å². The van der Waals surface area contributed by atoms with E-state index in [1.807, 2.05) is 35.2 Å². The van der Waals surface area contributed by atoms with E-state index in [4.69, 9.17) is 0 Å². The number of benzene rings is 2. The van der Waals surface area contributed by atoms with E-state index in [2.05, 4.69) is 46.5 Å². The van der Waals surface area contributed by atoms with Crippen molar-refractivity contribution in [2.75, 3.05) is 18.4 Å². The summed E-state index contributed by atoms with van der Waals surface area (Å²) in [5.41, 5.74) is 4.07. The Morgan fingerprint density at radius 2 is 1.91 bits per heavy atom. The van der Waals surface area contributed by atoms with Crippen molar-refractivity contribution < 1.29 is 9.59 Å². The molecule has 2 amide bonds. The lowest BCUT2D eigenvalue weighted by molar-refractivity contribution is -0.133. The molecule has 2 N–H and O–H groups in total. The van der Waals surface area contributed by atoms with Gasteiger partial charge in [0.05, 0.1) is 12.1 Å². The van der Waals surface area contributed by atoms with Crippen LogP contribution in [-0.4, -0.2) is 29.8 Å². The van der Waals surface area contributed by atoms with Crippen molar-refractivity contribution >= 4 is 28.8 Å². The molecule has 0 spiro atoms. The van der Waals surface area contributed by atoms with E-state index in [1.54, 1.807) is 23.5 Å². The average molecular weight is 446 g/mol. The SMILES string of the molecule is C[C@]12CCN(C(=O)CCNC(=O)c3ccccc3)[C@H]1c1ccccc1N[C@H]2c1ccsc1. The number of hydrogen-bond acceptors (Lipinski definition) is 4. The number of carbonyl (C=O) groups excluding carboxylic acids is 2. The van der Waals surface area contributed by atoms with Crippen LogP contribution in [0.5, 0.6) is 0 Å². The molecule has 0 saturated carbocycles. The molecule has 1 fully saturated rings. The first-order chi connectivity index (χ1) is 15.6. The standard InChI is InChI=1S/C26H27N3O2S/c1-26-13-15-29(22(30)11-14-27-25(31)18-7-3-2-4-8-18)24(26)20-9-5-6-10-21(20)28-23(26)19-12-16-32-17-19/h2-10,12,16-17,23-24,28H,11,13-15H2,1H3,(H,27,31)/t23-,24-,26+/m0/s1. The largest absolute Gasteiger partial charge is 0.377 e. The summed E-state index contributed by atoms with van der Waals surface area (Å²) in [6.45, 7) is 3.36. The van der Waals surface area contributed by atoms with Crippen LogP contribution >= 0.6 is 11.3 Å². The normalized spacial score (nSPS) is 23.7. The lowest BCUT2D eigenvalue weighted by Crippen LogP contribution is -2.43. The van der Waals surface area contributed by atoms with Crippen molar-refractivity contribution in [3.8, 4) is 0 Å². The van der Waals surface area contributed by atoms with Gasteiger partial charge in [0, 0.05) is 36.2 Å². The van der Waals surface area contributed by atoms with E-state index in [9.17, 15) is 9.59 Å². The Hall–Kier alpha value is -3.12. The number of fused-ring (bicyclic) bond motifs is 3. The molecule has 32 heavy (non-hydrogen) atoms. The van der Waals surface area contributed by atoms with Crippen LogP contribution in [0.15, 0.2) is 71.4 Å². The lowest BCUT2D eigenvalue weighted by Gasteiger charge is -2.47. The zero-order valence-corrected chi connectivity index (χ0v) is 18.9. The van der Waals surface area contributed by atoms with E-state index in [0.29, 0.717) is 18.5 Å². The predicted octanol–water partition coefficient (Wildman–Crippen LogP) is 5.01. The average Bonchev–Trinajstić information content (AvgIpc) is 3.47. The van der Waals surface area contributed by atoms with E-state index in [-0.39, 0.29) is 29.3 Å². The quantitative estimate of drug-likeness (QED) is 0.580. The molecule has 2 aliphatic heterocycles. The highest BCUT2D eigenvalue weighted by molar-refractivity contribution is 7.08. The minimum absolute atomic E-state index is 0.0159. The third kappa shape index (κ3) is 3.58. The molecular formula is C26H27N3O2S. The van der Waals surface area contributed by atoms with Crippen LogP contribution in [0.25, 0.3) is 0 Å². The maximum atomic E-state index is 13.3. The van der Waals surface area contributed by atoms with Gasteiger partial charge in [0.1, 0.15) is 0 Å². The molecule has 5 rings (SSSR count). The minimum Gasteiger partial charge on any atom is -0.377 e. The summed E-state index contributed by atoms with van der Waals surface area (Å²) < 4.78 is 0. The molecule has 164 valence electrons. The fourth-order valence-corrected chi connectivity index (χ4v) is 5.97. The first-order valence-electron chi connectivity index (χ1n) is 11.1. The van der Waals surface area contributed by atoms with Gasteiger partial charge < -0.3 is 15.5 Å². The highest BCUT2D eigenvalue weighted by Crippen LogP contribution is 2.59. The summed E-state index contributed by atoms with van der Waals surface area (Å²) >= 11 is 1.71. The molecule has 3 atom stereocenters. The first-order valence-corrected chi connectivity index (χ1v) is 12.0. The Bertz CT molecular complexity index is 1120. The van der Waals surface area contributed by atoms with Gasteiger partial charge in [-0.1, -0.05) is 43.3 Å². The maximum Gasteiger partial charge on any atom is 0.251 e. The van der Waals surface area contributed by atoms with Crippen molar-refractivity contribution in [1.29, 1.82) is 0 Å². The van der Waals surface area contributed by atoms with Gasteiger partial charge in [0.25, 0.3) is 5.91 Å². The Morgan fingerprint density at radius 1 is 1.12 bits per heavy atom. The second-order valence-corrected chi connectivity index (χ2v) is 9.62. The number of para-hydroxylation sites is 1. The molecule has 1 aromatic heterocycles. The maximum absolute atomic E-state index is 13.3. The van der Waals surface area contributed by atoms with Gasteiger partial charge in [-0.25, -0.2) is 0 Å². The fraction of sp³-hybridized carbons (Fsp3) is 0.308. The molecule has 5 nitrogen and oxygen atoms in total. The third-order valence-electron chi connectivity index (χ3n) is 6.90. The smallest absolute Gasteiger partial charge is 0.251 e. The molecule has 0 bridgehead atoms. The monoisotopic (exact) mass is 445 g/mol. The van der Waals surface area contributed by atoms with Crippen LogP contribution in [-0.2, 0) is 4.79 Å². The molecule has 3 heterocycles. The van der Waals surface area contributed by atoms with Gasteiger partial charge in [-0.2, -0.15) is 11.3 Å². The summed E-state index contributed by atoms with van der Waals surface area (Å²) in [5, 5.41) is 11.0. The van der Waals surface area contributed by atoms with E-state index in [1.165, 1.54) is 11.1 Å². The second-order valence-electron chi connectivity index (χ2n) is 8.84. The van der Waals surface area contributed by atoms with Crippen molar-refractivity contribution in [2.45, 2.75) is 31.8 Å². The number of rotatable bonds is 5. The zero-order valence-electron chi connectivity index (χ0n) is 18.1. The van der Waals surface area contributed by atoms with E-state index >= 15 is 0 Å². The third-order valence-corrected chi connectivity index (χ3v) is 7.60. The Labute approximate surface area is 192 Å². The number of carbonyl (C=O) groups is 2. The van der Waals surface area contributed by atoms with Gasteiger partial charge in [0.15, 0.2) is 0 Å². The van der Waals surface area contributed by atoms with Gasteiger partial charge >= 0.3 is 0 Å². The summed E-state index contributed by atoms with van der Waals surface area (Å²) in [4.78, 5) is 27.7. The van der Waals surface area contributed by atoms with E-state index in [0.717, 1.165) is 18.7 Å². The molecular weight excluding hydrogens is 418 g/mol. The van der Waals surface area contributed by atoms with Crippen LogP contribution in [0, 0.1) is 5.41 Å². The van der Waals surface area contributed by atoms with E-state index < -0.39 is 0 Å². The minimum atomic E-state index is -0.144. The summed E-state index contributed by atoms with van der Waals surface area (Å²) in [6, 6.07) is 19.8. The van der Waals surface area contributed by atoms with Crippen molar-refractivity contribution in [3.05, 3.63) is 88.1 Å². The predicted molar refractivity (Wildman–Crippen MR) is 128 cm³/mol. The number of nitrogens with zero attached hydrogens (tertiary/aromatic N) is 1. The molecule has 2 aromatic carbocycles. The fourth-order valence-electron chi connectivity index (χ4n) is 5.29. The van der Waals surface area contributed by atoms with Crippen molar-refractivity contribution in [3.63, 3.8) is 0 Å². The molecule has 1 saturated heterocycles. The molecule has 2 aliphatic rings. The number of amides is 2. The van der Waals surface area contributed by atoms with Crippen LogP contribution in [0.2, 0.25) is 0 Å². The van der Waals surface area contributed by atoms with Crippen molar-refractivity contribution in [1.82, 2.24) is 10.2 Å². The van der Waals surface area contributed by atoms with Crippen LogP contribution < -0.4 is 10.6 Å². The van der Waals surface area contributed by atoms with Crippen molar-refractivity contribution in [2.24, 2.45) is 5.41 Å². The van der Waals surface area contributed by atoms with Crippen LogP contribution in [0.3, 0.4) is 0 Å². The highest BCUT2D eigenvalue weighted by atomic mass is 32.1. The van der Waals surface area contributed by atoms with Crippen LogP contribution in [0.1, 0.15) is 53.3 Å². The van der Waals surface area contributed by atoms with Gasteiger partial charge in [-0.15, -0.1) is 0 Å².